The zero-order valence-corrected chi connectivity index (χ0v) is 11.2. The third kappa shape index (κ3) is 2.62. The van der Waals surface area contributed by atoms with Crippen LogP contribution in [0.5, 0.6) is 0 Å². The van der Waals surface area contributed by atoms with E-state index in [1.807, 2.05) is 45.2 Å². The lowest BCUT2D eigenvalue weighted by Gasteiger charge is -2.27. The number of hydrogen-bond acceptors (Lipinski definition) is 2. The van der Waals surface area contributed by atoms with Crippen molar-refractivity contribution < 1.29 is 4.79 Å². The molecule has 1 aliphatic rings. The van der Waals surface area contributed by atoms with Crippen molar-refractivity contribution in [2.24, 2.45) is 0 Å². The van der Waals surface area contributed by atoms with Gasteiger partial charge in [-0.05, 0) is 38.4 Å². The van der Waals surface area contributed by atoms with E-state index in [1.165, 1.54) is 0 Å². The number of likely N-dealkylation sites (N-methyl/N-ethyl adjacent to an activating group) is 1. The maximum absolute atomic E-state index is 12.3. The molecule has 3 heteroatoms. The van der Waals surface area contributed by atoms with Gasteiger partial charge in [-0.25, -0.2) is 0 Å². The first-order valence-corrected chi connectivity index (χ1v) is 6.33. The fourth-order valence-electron chi connectivity index (χ4n) is 2.29. The summed E-state index contributed by atoms with van der Waals surface area (Å²) in [5.74, 6) is 0.0471. The molecule has 0 fully saturated rings. The van der Waals surface area contributed by atoms with E-state index in [9.17, 15) is 4.79 Å². The third-order valence-electron chi connectivity index (χ3n) is 3.44. The minimum atomic E-state index is -0.155. The second-order valence-corrected chi connectivity index (χ2v) is 4.90. The number of para-hydroxylation sites is 1. The van der Waals surface area contributed by atoms with Gasteiger partial charge in [-0.1, -0.05) is 30.4 Å². The van der Waals surface area contributed by atoms with Crippen molar-refractivity contribution in [2.75, 3.05) is 18.9 Å². The largest absolute Gasteiger partial charge is 0.324 e. The summed E-state index contributed by atoms with van der Waals surface area (Å²) < 4.78 is 0. The topological polar surface area (TPSA) is 32.3 Å². The van der Waals surface area contributed by atoms with Gasteiger partial charge in [0, 0.05) is 12.2 Å². The lowest BCUT2D eigenvalue weighted by atomic mass is 10.1. The van der Waals surface area contributed by atoms with Crippen molar-refractivity contribution in [3.8, 4) is 0 Å². The van der Waals surface area contributed by atoms with Crippen LogP contribution in [0, 0.1) is 13.8 Å². The van der Waals surface area contributed by atoms with Crippen LogP contribution in [0.15, 0.2) is 30.4 Å². The molecule has 1 aromatic carbocycles. The van der Waals surface area contributed by atoms with Gasteiger partial charge in [0.1, 0.15) is 6.04 Å². The average molecular weight is 244 g/mol. The maximum atomic E-state index is 12.3. The zero-order valence-electron chi connectivity index (χ0n) is 11.2. The van der Waals surface area contributed by atoms with E-state index < -0.39 is 0 Å². The molecule has 1 aliphatic heterocycles. The number of nitrogens with zero attached hydrogens (tertiary/aromatic N) is 1. The number of hydrogen-bond donors (Lipinski definition) is 1. The molecule has 3 nitrogen and oxygen atoms in total. The highest BCUT2D eigenvalue weighted by atomic mass is 16.2. The smallest absolute Gasteiger partial charge is 0.245 e. The molecule has 1 aromatic rings. The van der Waals surface area contributed by atoms with E-state index in [0.29, 0.717) is 0 Å². The Hall–Kier alpha value is -1.61. The van der Waals surface area contributed by atoms with Crippen LogP contribution in [0.4, 0.5) is 5.69 Å². The lowest BCUT2D eigenvalue weighted by Crippen LogP contribution is -2.42. The fraction of sp³-hybridized carbons (Fsp3) is 0.400. The molecule has 0 saturated carbocycles. The van der Waals surface area contributed by atoms with E-state index in [0.717, 1.165) is 29.8 Å². The van der Waals surface area contributed by atoms with Crippen molar-refractivity contribution in [2.45, 2.75) is 26.3 Å². The second kappa shape index (κ2) is 5.36. The molecule has 1 atom stereocenters. The van der Waals surface area contributed by atoms with Crippen molar-refractivity contribution in [1.82, 2.24) is 4.90 Å². The monoisotopic (exact) mass is 244 g/mol. The number of anilines is 1. The summed E-state index contributed by atoms with van der Waals surface area (Å²) in [4.78, 5) is 14.4. The van der Waals surface area contributed by atoms with Crippen LogP contribution in [0.25, 0.3) is 0 Å². The zero-order chi connectivity index (χ0) is 13.1. The molecule has 1 unspecified atom stereocenters. The first kappa shape index (κ1) is 12.8. The van der Waals surface area contributed by atoms with E-state index in [2.05, 4.69) is 16.3 Å². The number of aryl methyl sites for hydroxylation is 2. The SMILES string of the molecule is Cc1cccc(C)c1NC(=O)C1C=CCCN1C. The molecule has 0 aromatic heterocycles. The van der Waals surface area contributed by atoms with E-state index in [1.54, 1.807) is 0 Å². The average Bonchev–Trinajstić information content (AvgIpc) is 2.34. The molecule has 1 N–H and O–H groups in total. The van der Waals surface area contributed by atoms with Gasteiger partial charge in [0.2, 0.25) is 5.91 Å². The summed E-state index contributed by atoms with van der Waals surface area (Å²) in [6, 6.07) is 5.89. The normalized spacial score (nSPS) is 19.8. The molecule has 0 bridgehead atoms. The Kier molecular flexibility index (Phi) is 3.82. The summed E-state index contributed by atoms with van der Waals surface area (Å²) in [6.07, 6.45) is 5.07. The van der Waals surface area contributed by atoms with E-state index in [4.69, 9.17) is 0 Å². The van der Waals surface area contributed by atoms with Crippen molar-refractivity contribution in [3.05, 3.63) is 41.5 Å². The van der Waals surface area contributed by atoms with Gasteiger partial charge in [-0.2, -0.15) is 0 Å². The number of nitrogens with one attached hydrogen (secondary N) is 1. The van der Waals surface area contributed by atoms with Gasteiger partial charge in [-0.15, -0.1) is 0 Å². The van der Waals surface area contributed by atoms with Gasteiger partial charge >= 0.3 is 0 Å². The van der Waals surface area contributed by atoms with E-state index >= 15 is 0 Å². The lowest BCUT2D eigenvalue weighted by molar-refractivity contribution is -0.119. The molecule has 2 rings (SSSR count). The first-order chi connectivity index (χ1) is 8.59. The minimum Gasteiger partial charge on any atom is -0.324 e. The third-order valence-corrected chi connectivity index (χ3v) is 3.44. The van der Waals surface area contributed by atoms with Crippen molar-refractivity contribution in [3.63, 3.8) is 0 Å². The highest BCUT2D eigenvalue weighted by Crippen LogP contribution is 2.20. The predicted octanol–water partition coefficient (Wildman–Crippen LogP) is 2.50. The molecule has 0 spiro atoms. The molecule has 96 valence electrons. The number of benzene rings is 1. The standard InChI is InChI=1S/C15H20N2O/c1-11-7-6-8-12(2)14(11)16-15(18)13-9-4-5-10-17(13)3/h4,6-9,13H,5,10H2,1-3H3,(H,16,18). The molecule has 18 heavy (non-hydrogen) atoms. The highest BCUT2D eigenvalue weighted by Gasteiger charge is 2.22. The molecular formula is C15H20N2O. The molecule has 0 radical (unpaired) electrons. The summed E-state index contributed by atoms with van der Waals surface area (Å²) in [5.41, 5.74) is 3.14. The Morgan fingerprint density at radius 3 is 2.61 bits per heavy atom. The highest BCUT2D eigenvalue weighted by molar-refractivity contribution is 5.97. The maximum Gasteiger partial charge on any atom is 0.245 e. The van der Waals surface area contributed by atoms with Crippen LogP contribution in [0.1, 0.15) is 17.5 Å². The predicted molar refractivity (Wildman–Crippen MR) is 74.7 cm³/mol. The Bertz CT molecular complexity index is 459. The molecule has 1 heterocycles. The molecular weight excluding hydrogens is 224 g/mol. The van der Waals surface area contributed by atoms with Gasteiger partial charge in [0.25, 0.3) is 0 Å². The van der Waals surface area contributed by atoms with Crippen LogP contribution in [-0.2, 0) is 4.79 Å². The number of carbonyl (C=O) groups excluding carboxylic acids is 1. The summed E-state index contributed by atoms with van der Waals surface area (Å²) in [7, 11) is 1.98. The van der Waals surface area contributed by atoms with Crippen LogP contribution in [0.3, 0.4) is 0 Å². The summed E-state index contributed by atoms with van der Waals surface area (Å²) >= 11 is 0. The Labute approximate surface area is 108 Å². The molecule has 0 saturated heterocycles. The molecule has 1 amide bonds. The van der Waals surface area contributed by atoms with Gasteiger partial charge in [0.05, 0.1) is 0 Å². The Balaban J connectivity index is 2.16. The first-order valence-electron chi connectivity index (χ1n) is 6.33. The van der Waals surface area contributed by atoms with E-state index in [-0.39, 0.29) is 11.9 Å². The second-order valence-electron chi connectivity index (χ2n) is 4.90. The van der Waals surface area contributed by atoms with Crippen LogP contribution >= 0.6 is 0 Å². The number of amides is 1. The quantitative estimate of drug-likeness (QED) is 0.811. The Morgan fingerprint density at radius 2 is 2.00 bits per heavy atom. The van der Waals surface area contributed by atoms with Crippen molar-refractivity contribution >= 4 is 11.6 Å². The van der Waals surface area contributed by atoms with Gasteiger partial charge in [0.15, 0.2) is 0 Å². The number of carbonyl (C=O) groups is 1. The summed E-state index contributed by atoms with van der Waals surface area (Å²) in [6.45, 7) is 4.97. The van der Waals surface area contributed by atoms with Crippen molar-refractivity contribution in [1.29, 1.82) is 0 Å². The minimum absolute atomic E-state index is 0.0471. The van der Waals surface area contributed by atoms with Crippen LogP contribution in [-0.4, -0.2) is 30.4 Å². The fourth-order valence-corrected chi connectivity index (χ4v) is 2.29. The molecule has 0 aliphatic carbocycles. The van der Waals surface area contributed by atoms with Gasteiger partial charge < -0.3 is 5.32 Å². The summed E-state index contributed by atoms with van der Waals surface area (Å²) in [5, 5.41) is 3.05. The Morgan fingerprint density at radius 1 is 1.33 bits per heavy atom. The van der Waals surface area contributed by atoms with Crippen LogP contribution in [0.2, 0.25) is 0 Å². The van der Waals surface area contributed by atoms with Gasteiger partial charge in [-0.3, -0.25) is 9.69 Å². The number of rotatable bonds is 2. The van der Waals surface area contributed by atoms with Crippen LogP contribution < -0.4 is 5.32 Å².